The van der Waals surface area contributed by atoms with Crippen LogP contribution in [0.2, 0.25) is 0 Å². The van der Waals surface area contributed by atoms with E-state index in [4.69, 9.17) is 0 Å². The molecule has 2 unspecified atom stereocenters. The van der Waals surface area contributed by atoms with Crippen molar-refractivity contribution in [3.05, 3.63) is 107 Å². The Morgan fingerprint density at radius 1 is 0.788 bits per heavy atom. The van der Waals surface area contributed by atoms with Gasteiger partial charge in [-0.1, -0.05) is 12.1 Å². The number of piperazine rings is 1. The molecule has 3 atom stereocenters. The van der Waals surface area contributed by atoms with Crippen molar-refractivity contribution in [1.29, 1.82) is 0 Å². The fraction of sp³-hybridized carbons (Fsp3) is 0.404. The summed E-state index contributed by atoms with van der Waals surface area (Å²) in [6.07, 6.45) is 3.61. The molecular formula is C47H50F3N9O6S. The summed E-state index contributed by atoms with van der Waals surface area (Å²) in [5.41, 5.74) is 4.77. The largest absolute Gasteiger partial charge is 0.374 e. The van der Waals surface area contributed by atoms with Crippen LogP contribution < -0.4 is 19.8 Å². The van der Waals surface area contributed by atoms with Gasteiger partial charge >= 0.3 is 10.2 Å². The van der Waals surface area contributed by atoms with Gasteiger partial charge in [-0.05, 0) is 97.7 Å². The number of anilines is 3. The van der Waals surface area contributed by atoms with Crippen LogP contribution in [0.4, 0.5) is 30.2 Å². The first-order valence-electron chi connectivity index (χ1n) is 22.5. The number of imide groups is 1. The highest BCUT2D eigenvalue weighted by molar-refractivity contribution is 7.90. The molecular weight excluding hydrogens is 876 g/mol. The lowest BCUT2D eigenvalue weighted by Crippen LogP contribution is -2.55. The van der Waals surface area contributed by atoms with Gasteiger partial charge in [0.1, 0.15) is 29.9 Å². The second kappa shape index (κ2) is 17.7. The Morgan fingerprint density at radius 2 is 1.52 bits per heavy atom. The van der Waals surface area contributed by atoms with Crippen LogP contribution in [-0.4, -0.2) is 133 Å². The number of aliphatic hydroxyl groups excluding tert-OH is 1. The maximum Gasteiger partial charge on any atom is 0.301 e. The third-order valence-corrected chi connectivity index (χ3v) is 15.3. The zero-order chi connectivity index (χ0) is 45.9. The maximum atomic E-state index is 15.7. The number of nitrogens with one attached hydrogen (secondary N) is 3. The molecule has 5 aromatic rings. The normalized spacial score (nSPS) is 22.4. The summed E-state index contributed by atoms with van der Waals surface area (Å²) in [6, 6.07) is 16.7. The number of piperidine rings is 2. The minimum atomic E-state index is -4.23. The van der Waals surface area contributed by atoms with Gasteiger partial charge in [-0.2, -0.15) is 12.7 Å². The van der Waals surface area contributed by atoms with Crippen molar-refractivity contribution in [1.82, 2.24) is 29.4 Å². The zero-order valence-corrected chi connectivity index (χ0v) is 36.9. The molecule has 15 nitrogen and oxygen atoms in total. The monoisotopic (exact) mass is 925 g/mol. The molecule has 4 fully saturated rings. The van der Waals surface area contributed by atoms with Gasteiger partial charge in [0.15, 0.2) is 5.82 Å². The number of pyridine rings is 1. The topological polar surface area (TPSA) is 175 Å². The Kier molecular flexibility index (Phi) is 11.7. The molecule has 0 spiro atoms. The number of benzene rings is 3. The quantitative estimate of drug-likeness (QED) is 0.132. The van der Waals surface area contributed by atoms with E-state index in [1.807, 2.05) is 24.3 Å². The van der Waals surface area contributed by atoms with Crippen molar-refractivity contribution in [2.24, 2.45) is 5.92 Å². The van der Waals surface area contributed by atoms with Crippen LogP contribution >= 0.6 is 0 Å². The number of hydrogen-bond donors (Lipinski definition) is 4. The van der Waals surface area contributed by atoms with Gasteiger partial charge in [0.25, 0.3) is 11.8 Å². The van der Waals surface area contributed by atoms with Crippen molar-refractivity contribution in [2.75, 3.05) is 73.4 Å². The fourth-order valence-electron chi connectivity index (χ4n) is 10.0. The first-order valence-corrected chi connectivity index (χ1v) is 23.9. The Balaban J connectivity index is 0.722. The molecule has 4 N–H and O–H groups in total. The molecule has 7 heterocycles. The van der Waals surface area contributed by atoms with Crippen molar-refractivity contribution in [3.63, 3.8) is 0 Å². The Labute approximate surface area is 379 Å². The number of aromatic nitrogens is 2. The molecule has 19 heteroatoms. The van der Waals surface area contributed by atoms with Gasteiger partial charge in [-0.15, -0.1) is 0 Å². The van der Waals surface area contributed by atoms with E-state index in [0.29, 0.717) is 33.6 Å². The summed E-state index contributed by atoms with van der Waals surface area (Å²) in [7, 11) is -4.23. The van der Waals surface area contributed by atoms with Crippen LogP contribution in [0.3, 0.4) is 0 Å². The summed E-state index contributed by atoms with van der Waals surface area (Å²) >= 11 is 0. The number of alkyl halides is 1. The second-order valence-electron chi connectivity index (χ2n) is 17.9. The number of rotatable bonds is 11. The fourth-order valence-corrected chi connectivity index (χ4v) is 11.3. The molecule has 0 saturated carbocycles. The van der Waals surface area contributed by atoms with E-state index in [9.17, 15) is 32.3 Å². The highest BCUT2D eigenvalue weighted by Crippen LogP contribution is 2.34. The number of halogens is 3. The lowest BCUT2D eigenvalue weighted by atomic mass is 9.95. The highest BCUT2D eigenvalue weighted by Gasteiger charge is 2.45. The van der Waals surface area contributed by atoms with Crippen molar-refractivity contribution >= 4 is 56.0 Å². The number of carbonyl (C=O) groups is 3. The van der Waals surface area contributed by atoms with Gasteiger partial charge in [-0.25, -0.2) is 18.2 Å². The van der Waals surface area contributed by atoms with Crippen LogP contribution in [0.1, 0.15) is 63.9 Å². The molecule has 3 amide bonds. The Morgan fingerprint density at radius 3 is 2.24 bits per heavy atom. The number of nitrogens with zero attached hydrogens (tertiary/aromatic N) is 6. The summed E-state index contributed by atoms with van der Waals surface area (Å²) in [4.78, 5) is 54.9. The number of H-pyrrole nitrogens is 1. The number of aliphatic hydroxyl groups is 1. The minimum Gasteiger partial charge on any atom is -0.374 e. The molecule has 0 bridgehead atoms. The summed E-state index contributed by atoms with van der Waals surface area (Å²) in [6.45, 7) is 5.84. The van der Waals surface area contributed by atoms with E-state index in [1.165, 1.54) is 0 Å². The summed E-state index contributed by atoms with van der Waals surface area (Å²) in [5, 5.41) is 12.9. The van der Waals surface area contributed by atoms with Gasteiger partial charge in [-0.3, -0.25) is 28.9 Å². The Hall–Kier alpha value is -6.02. The SMILES string of the molecule is O=C1NC(O)CCC1N1C(=O)c2ccc(N3CCN(CC4CCN(c5ccc(-c6cnc7[nH]cc(Cc8c(F)ccc(NS(=O)(=O)N9CC[C@@H](F)C9)c8F)c7c6)cc5)CC4)CC3)cc2C1=O. The molecule has 10 rings (SSSR count). The average molecular weight is 926 g/mol. The number of fused-ring (bicyclic) bond motifs is 2. The van der Waals surface area contributed by atoms with Crippen LogP contribution in [0.15, 0.2) is 73.1 Å². The first-order chi connectivity index (χ1) is 31.8. The predicted molar refractivity (Wildman–Crippen MR) is 242 cm³/mol. The minimum absolute atomic E-state index is 0.0285. The Bertz CT molecular complexity index is 2810. The van der Waals surface area contributed by atoms with E-state index in [0.717, 1.165) is 102 Å². The van der Waals surface area contributed by atoms with E-state index in [2.05, 4.69) is 46.8 Å². The molecule has 66 heavy (non-hydrogen) atoms. The van der Waals surface area contributed by atoms with Gasteiger partial charge in [0.05, 0.1) is 16.8 Å². The van der Waals surface area contributed by atoms with Crippen LogP contribution in [0, 0.1) is 17.6 Å². The van der Waals surface area contributed by atoms with Gasteiger partial charge in [0.2, 0.25) is 5.91 Å². The molecule has 0 radical (unpaired) electrons. The number of carbonyl (C=O) groups excluding carboxylic acids is 3. The zero-order valence-electron chi connectivity index (χ0n) is 36.1. The van der Waals surface area contributed by atoms with Crippen LogP contribution in [-0.2, 0) is 21.4 Å². The van der Waals surface area contributed by atoms with E-state index < -0.39 is 63.7 Å². The summed E-state index contributed by atoms with van der Waals surface area (Å²) in [5.74, 6) is -2.78. The average Bonchev–Trinajstić information content (AvgIpc) is 4.02. The molecule has 5 aliphatic rings. The summed E-state index contributed by atoms with van der Waals surface area (Å²) < 4.78 is 73.3. The maximum absolute atomic E-state index is 15.7. The van der Waals surface area contributed by atoms with Crippen LogP contribution in [0.25, 0.3) is 22.2 Å². The highest BCUT2D eigenvalue weighted by atomic mass is 32.2. The van der Waals surface area contributed by atoms with E-state index >= 15 is 8.78 Å². The lowest BCUT2D eigenvalue weighted by molar-refractivity contribution is -0.131. The number of hydrogen-bond acceptors (Lipinski definition) is 10. The van der Waals surface area contributed by atoms with Crippen molar-refractivity contribution in [2.45, 2.75) is 57.0 Å². The van der Waals surface area contributed by atoms with Crippen molar-refractivity contribution in [3.8, 4) is 11.1 Å². The first kappa shape index (κ1) is 43.9. The van der Waals surface area contributed by atoms with Crippen molar-refractivity contribution < 1.29 is 41.1 Å². The molecule has 2 aromatic heterocycles. The van der Waals surface area contributed by atoms with Gasteiger partial charge in [0, 0.05) is 106 Å². The number of aromatic amines is 1. The third kappa shape index (κ3) is 8.48. The molecule has 5 aliphatic heterocycles. The number of amides is 3. The molecule has 0 aliphatic carbocycles. The third-order valence-electron chi connectivity index (χ3n) is 13.8. The predicted octanol–water partition coefficient (Wildman–Crippen LogP) is 5.03. The molecule has 346 valence electrons. The molecule has 4 saturated heterocycles. The second-order valence-corrected chi connectivity index (χ2v) is 19.6. The van der Waals surface area contributed by atoms with Crippen LogP contribution in [0.5, 0.6) is 0 Å². The lowest BCUT2D eigenvalue weighted by Gasteiger charge is -2.40. The van der Waals surface area contributed by atoms with Gasteiger partial charge < -0.3 is 25.2 Å². The molecule has 3 aromatic carbocycles. The van der Waals surface area contributed by atoms with E-state index in [-0.39, 0.29) is 44.3 Å². The van der Waals surface area contributed by atoms with E-state index in [1.54, 1.807) is 24.5 Å². The standard InChI is InChI=1S/C47H50F3N9O6S/c48-32-13-16-58(27-32)66(64,65)54-40-8-7-39(49)38(43(40)50)22-31-25-52-44-36(31)21-30(24-51-44)29-1-3-33(4-2-29)56-14-11-28(12-15-56)26-55-17-19-57(20-18-55)34-5-6-35-37(23-34)47(63)59(46(35)62)41-9-10-42(60)53-45(41)61/h1-8,21,23-25,28,32,41-42,54,60H,9-20,22,26-27H2,(H,51,52)(H,53,61)/t32-,41?,42?/m1/s1. The smallest absolute Gasteiger partial charge is 0.301 e.